The van der Waals surface area contributed by atoms with Gasteiger partial charge in [0, 0.05) is 18.5 Å². The Morgan fingerprint density at radius 1 is 1.62 bits per heavy atom. The van der Waals surface area contributed by atoms with Gasteiger partial charge in [0.05, 0.1) is 0 Å². The molecule has 1 aliphatic carbocycles. The van der Waals surface area contributed by atoms with E-state index in [-0.39, 0.29) is 0 Å². The minimum absolute atomic E-state index is 0.333. The first kappa shape index (κ1) is 8.69. The van der Waals surface area contributed by atoms with Gasteiger partial charge in [-0.25, -0.2) is 4.98 Å². The van der Waals surface area contributed by atoms with Gasteiger partial charge in [-0.2, -0.15) is 5.10 Å². The molecule has 1 aromatic heterocycles. The molecule has 4 heteroatoms. The van der Waals surface area contributed by atoms with Crippen molar-refractivity contribution in [3.63, 3.8) is 0 Å². The van der Waals surface area contributed by atoms with Crippen LogP contribution in [0.1, 0.15) is 25.6 Å². The molecule has 1 heterocycles. The topological polar surface area (TPSA) is 42.7 Å². The van der Waals surface area contributed by atoms with Crippen molar-refractivity contribution in [1.82, 2.24) is 20.1 Å². The van der Waals surface area contributed by atoms with Crippen molar-refractivity contribution >= 4 is 0 Å². The van der Waals surface area contributed by atoms with E-state index in [0.717, 1.165) is 18.8 Å². The Hall–Kier alpha value is -0.900. The number of rotatable bonds is 4. The number of hydrogen-bond acceptors (Lipinski definition) is 3. The van der Waals surface area contributed by atoms with Crippen LogP contribution in [0.15, 0.2) is 6.33 Å². The van der Waals surface area contributed by atoms with Gasteiger partial charge in [0.1, 0.15) is 12.2 Å². The van der Waals surface area contributed by atoms with E-state index in [9.17, 15) is 0 Å². The fraction of sp³-hybridized carbons (Fsp3) is 0.778. The Balaban J connectivity index is 2.09. The zero-order valence-electron chi connectivity index (χ0n) is 8.25. The lowest BCUT2D eigenvalue weighted by atomic mass is 10.2. The summed E-state index contributed by atoms with van der Waals surface area (Å²) in [7, 11) is 2.03. The number of hydrogen-bond donors (Lipinski definition) is 1. The molecule has 0 atom stereocenters. The average molecular weight is 180 g/mol. The van der Waals surface area contributed by atoms with Crippen molar-refractivity contribution in [2.24, 2.45) is 0 Å². The monoisotopic (exact) mass is 180 g/mol. The summed E-state index contributed by atoms with van der Waals surface area (Å²) in [5.74, 6) is 1.11. The fourth-order valence-corrected chi connectivity index (χ4v) is 1.66. The molecule has 0 spiro atoms. The number of nitrogens with one attached hydrogen (secondary N) is 1. The van der Waals surface area contributed by atoms with E-state index in [2.05, 4.69) is 22.3 Å². The first-order chi connectivity index (χ1) is 6.29. The van der Waals surface area contributed by atoms with Gasteiger partial charge in [0.2, 0.25) is 0 Å². The van der Waals surface area contributed by atoms with Gasteiger partial charge in [-0.15, -0.1) is 0 Å². The highest BCUT2D eigenvalue weighted by Gasteiger charge is 2.42. The maximum absolute atomic E-state index is 4.27. The fourth-order valence-electron chi connectivity index (χ4n) is 1.66. The summed E-state index contributed by atoms with van der Waals surface area (Å²) in [6.45, 7) is 3.01. The van der Waals surface area contributed by atoms with Gasteiger partial charge in [-0.05, 0) is 26.8 Å². The molecule has 2 rings (SSSR count). The summed E-state index contributed by atoms with van der Waals surface area (Å²) in [6.07, 6.45) is 5.18. The van der Waals surface area contributed by atoms with Crippen LogP contribution in [0, 0.1) is 0 Å². The predicted molar refractivity (Wildman–Crippen MR) is 50.4 cm³/mol. The molecule has 1 aliphatic rings. The van der Waals surface area contributed by atoms with Crippen molar-refractivity contribution in [1.29, 1.82) is 0 Å². The van der Waals surface area contributed by atoms with Crippen LogP contribution in [0.3, 0.4) is 0 Å². The molecule has 0 unspecified atom stereocenters. The molecule has 0 amide bonds. The largest absolute Gasteiger partial charge is 0.314 e. The molecule has 4 nitrogen and oxygen atoms in total. The molecule has 0 aliphatic heterocycles. The second kappa shape index (κ2) is 3.10. The SMILES string of the molecule is CCn1ncnc1CC1(NC)CC1. The van der Waals surface area contributed by atoms with Crippen molar-refractivity contribution in [2.75, 3.05) is 7.05 Å². The second-order valence-corrected chi connectivity index (χ2v) is 3.70. The van der Waals surface area contributed by atoms with Crippen molar-refractivity contribution in [3.05, 3.63) is 12.2 Å². The molecule has 0 bridgehead atoms. The Morgan fingerprint density at radius 3 is 2.92 bits per heavy atom. The first-order valence-electron chi connectivity index (χ1n) is 4.85. The Bertz CT molecular complexity index is 288. The molecular weight excluding hydrogens is 164 g/mol. The molecular formula is C9H16N4. The van der Waals surface area contributed by atoms with Crippen molar-refractivity contribution < 1.29 is 0 Å². The summed E-state index contributed by atoms with van der Waals surface area (Å²) in [4.78, 5) is 4.27. The van der Waals surface area contributed by atoms with Gasteiger partial charge < -0.3 is 5.32 Å². The maximum atomic E-state index is 4.27. The zero-order chi connectivity index (χ0) is 9.31. The smallest absolute Gasteiger partial charge is 0.138 e. The third-order valence-corrected chi connectivity index (χ3v) is 2.88. The van der Waals surface area contributed by atoms with Crippen molar-refractivity contribution in [3.8, 4) is 0 Å². The van der Waals surface area contributed by atoms with Gasteiger partial charge in [-0.3, -0.25) is 4.68 Å². The Morgan fingerprint density at radius 2 is 2.38 bits per heavy atom. The van der Waals surface area contributed by atoms with Gasteiger partial charge in [0.15, 0.2) is 0 Å². The Labute approximate surface area is 78.4 Å². The molecule has 1 aromatic rings. The lowest BCUT2D eigenvalue weighted by Gasteiger charge is -2.13. The van der Waals surface area contributed by atoms with Gasteiger partial charge in [-0.1, -0.05) is 0 Å². The molecule has 0 radical (unpaired) electrons. The van der Waals surface area contributed by atoms with Crippen molar-refractivity contribution in [2.45, 2.75) is 38.3 Å². The average Bonchev–Trinajstić information content (AvgIpc) is 2.78. The maximum Gasteiger partial charge on any atom is 0.138 e. The van der Waals surface area contributed by atoms with Crippen LogP contribution in [0.5, 0.6) is 0 Å². The van der Waals surface area contributed by atoms with Crippen LogP contribution in [0.25, 0.3) is 0 Å². The minimum Gasteiger partial charge on any atom is -0.314 e. The summed E-state index contributed by atoms with van der Waals surface area (Å²) < 4.78 is 1.97. The summed E-state index contributed by atoms with van der Waals surface area (Å²) in [6, 6.07) is 0. The van der Waals surface area contributed by atoms with E-state index in [1.165, 1.54) is 12.8 Å². The van der Waals surface area contributed by atoms with Crippen LogP contribution in [-0.4, -0.2) is 27.4 Å². The second-order valence-electron chi connectivity index (χ2n) is 3.70. The number of nitrogens with zero attached hydrogens (tertiary/aromatic N) is 3. The standard InChI is InChI=1S/C9H16N4/c1-3-13-8(11-7-12-13)6-9(10-2)4-5-9/h7,10H,3-6H2,1-2H3. The lowest BCUT2D eigenvalue weighted by molar-refractivity contribution is 0.504. The third kappa shape index (κ3) is 1.58. The zero-order valence-corrected chi connectivity index (χ0v) is 8.25. The number of aromatic nitrogens is 3. The molecule has 1 fully saturated rings. The molecule has 0 saturated heterocycles. The number of likely N-dealkylation sites (N-methyl/N-ethyl adjacent to an activating group) is 1. The molecule has 1 saturated carbocycles. The normalized spacial score (nSPS) is 18.9. The molecule has 1 N–H and O–H groups in total. The van der Waals surface area contributed by atoms with Crippen LogP contribution >= 0.6 is 0 Å². The summed E-state index contributed by atoms with van der Waals surface area (Å²) in [5, 5.41) is 7.52. The van der Waals surface area contributed by atoms with Crippen LogP contribution in [0.4, 0.5) is 0 Å². The molecule has 72 valence electrons. The van der Waals surface area contributed by atoms with E-state index in [0.29, 0.717) is 5.54 Å². The van der Waals surface area contributed by atoms with Gasteiger partial charge in [0.25, 0.3) is 0 Å². The van der Waals surface area contributed by atoms with E-state index in [1.807, 2.05) is 11.7 Å². The van der Waals surface area contributed by atoms with E-state index in [4.69, 9.17) is 0 Å². The highest BCUT2D eigenvalue weighted by atomic mass is 15.3. The molecule has 13 heavy (non-hydrogen) atoms. The third-order valence-electron chi connectivity index (χ3n) is 2.88. The highest BCUT2D eigenvalue weighted by Crippen LogP contribution is 2.37. The lowest BCUT2D eigenvalue weighted by Crippen LogP contribution is -2.31. The first-order valence-corrected chi connectivity index (χ1v) is 4.85. The van der Waals surface area contributed by atoms with Crippen LogP contribution < -0.4 is 5.32 Å². The highest BCUT2D eigenvalue weighted by molar-refractivity contribution is 5.08. The quantitative estimate of drug-likeness (QED) is 0.737. The summed E-state index contributed by atoms with van der Waals surface area (Å²) >= 11 is 0. The van der Waals surface area contributed by atoms with E-state index < -0.39 is 0 Å². The molecule has 0 aromatic carbocycles. The number of aryl methyl sites for hydroxylation is 1. The van der Waals surface area contributed by atoms with E-state index >= 15 is 0 Å². The van der Waals surface area contributed by atoms with Crippen LogP contribution in [0.2, 0.25) is 0 Å². The summed E-state index contributed by atoms with van der Waals surface area (Å²) in [5.41, 5.74) is 0.333. The van der Waals surface area contributed by atoms with E-state index in [1.54, 1.807) is 6.33 Å². The predicted octanol–water partition coefficient (Wildman–Crippen LogP) is 0.592. The Kier molecular flexibility index (Phi) is 2.07. The van der Waals surface area contributed by atoms with Gasteiger partial charge >= 0.3 is 0 Å². The van der Waals surface area contributed by atoms with Crippen LogP contribution in [-0.2, 0) is 13.0 Å². The minimum atomic E-state index is 0.333.